The Kier molecular flexibility index (Phi) is 3.46. The molecule has 16 heavy (non-hydrogen) atoms. The van der Waals surface area contributed by atoms with Gasteiger partial charge in [0.15, 0.2) is 0 Å². The van der Waals surface area contributed by atoms with Crippen LogP contribution in [0.2, 0.25) is 0 Å². The van der Waals surface area contributed by atoms with Crippen molar-refractivity contribution in [3.05, 3.63) is 28.2 Å². The number of ether oxygens (including phenoxy) is 1. The fourth-order valence-electron chi connectivity index (χ4n) is 1.63. The minimum atomic E-state index is 0.0349. The maximum absolute atomic E-state index is 11.5. The summed E-state index contributed by atoms with van der Waals surface area (Å²) in [6.07, 6.45) is 0. The Morgan fingerprint density at radius 3 is 3.00 bits per heavy atom. The number of hydrogen-bond acceptors (Lipinski definition) is 3. The highest BCUT2D eigenvalue weighted by Crippen LogP contribution is 2.21. The normalized spacial score (nSPS) is 16.6. The quantitative estimate of drug-likeness (QED) is 0.835. The van der Waals surface area contributed by atoms with Crippen LogP contribution in [-0.2, 0) is 16.1 Å². The molecule has 4 nitrogen and oxygen atoms in total. The second-order valence-corrected chi connectivity index (χ2v) is 4.58. The maximum atomic E-state index is 11.5. The van der Waals surface area contributed by atoms with Crippen LogP contribution in [0.5, 0.6) is 0 Å². The van der Waals surface area contributed by atoms with Crippen LogP contribution in [-0.4, -0.2) is 30.6 Å². The van der Waals surface area contributed by atoms with Gasteiger partial charge in [0, 0.05) is 23.2 Å². The third-order valence-corrected chi connectivity index (χ3v) is 3.24. The number of hydrogen-bond donors (Lipinski definition) is 1. The van der Waals surface area contributed by atoms with E-state index in [0.717, 1.165) is 10.0 Å². The van der Waals surface area contributed by atoms with E-state index in [-0.39, 0.29) is 12.5 Å². The molecule has 0 aromatic heterocycles. The molecule has 5 heteroatoms. The van der Waals surface area contributed by atoms with E-state index in [1.807, 2.05) is 18.2 Å². The second kappa shape index (κ2) is 4.84. The van der Waals surface area contributed by atoms with Crippen molar-refractivity contribution in [2.75, 3.05) is 25.5 Å². The van der Waals surface area contributed by atoms with Crippen molar-refractivity contribution in [2.45, 2.75) is 6.54 Å². The van der Waals surface area contributed by atoms with Gasteiger partial charge in [-0.3, -0.25) is 4.79 Å². The van der Waals surface area contributed by atoms with Crippen LogP contribution in [0.25, 0.3) is 0 Å². The molecule has 1 fully saturated rings. The molecule has 0 radical (unpaired) electrons. The van der Waals surface area contributed by atoms with Crippen LogP contribution in [0, 0.1) is 0 Å². The van der Waals surface area contributed by atoms with E-state index in [4.69, 9.17) is 10.5 Å². The van der Waals surface area contributed by atoms with Gasteiger partial charge in [-0.2, -0.15) is 0 Å². The summed E-state index contributed by atoms with van der Waals surface area (Å²) in [5.74, 6) is 0.0349. The molecule has 86 valence electrons. The zero-order chi connectivity index (χ0) is 11.5. The summed E-state index contributed by atoms with van der Waals surface area (Å²) in [6, 6.07) is 5.74. The molecule has 1 aliphatic rings. The first-order valence-corrected chi connectivity index (χ1v) is 5.85. The topological polar surface area (TPSA) is 55.6 Å². The lowest BCUT2D eigenvalue weighted by Gasteiger charge is -2.26. The van der Waals surface area contributed by atoms with E-state index in [1.165, 1.54) is 0 Å². The standard InChI is InChI=1S/C11H13BrN2O2/c12-9-2-1-8(5-10(9)13)6-14-3-4-16-7-11(14)15/h1-2,5H,3-4,6-7,13H2. The number of carbonyl (C=O) groups excluding carboxylic acids is 1. The van der Waals surface area contributed by atoms with E-state index in [9.17, 15) is 4.79 Å². The lowest BCUT2D eigenvalue weighted by atomic mass is 10.2. The van der Waals surface area contributed by atoms with Gasteiger partial charge in [-0.15, -0.1) is 0 Å². The van der Waals surface area contributed by atoms with E-state index >= 15 is 0 Å². The molecule has 0 aliphatic carbocycles. The maximum Gasteiger partial charge on any atom is 0.248 e. The van der Waals surface area contributed by atoms with Crippen molar-refractivity contribution in [1.29, 1.82) is 0 Å². The van der Waals surface area contributed by atoms with E-state index in [0.29, 0.717) is 25.4 Å². The zero-order valence-corrected chi connectivity index (χ0v) is 10.4. The van der Waals surface area contributed by atoms with E-state index in [2.05, 4.69) is 15.9 Å². The van der Waals surface area contributed by atoms with Gasteiger partial charge in [0.05, 0.1) is 6.61 Å². The SMILES string of the molecule is Nc1cc(CN2CCOCC2=O)ccc1Br. The summed E-state index contributed by atoms with van der Waals surface area (Å²) < 4.78 is 5.95. The molecule has 0 spiro atoms. The zero-order valence-electron chi connectivity index (χ0n) is 8.78. The summed E-state index contributed by atoms with van der Waals surface area (Å²) in [5.41, 5.74) is 7.52. The lowest BCUT2D eigenvalue weighted by Crippen LogP contribution is -2.40. The molecule has 0 saturated carbocycles. The third kappa shape index (κ3) is 2.54. The first-order chi connectivity index (χ1) is 7.66. The van der Waals surface area contributed by atoms with Gasteiger partial charge in [0.25, 0.3) is 0 Å². The Morgan fingerprint density at radius 1 is 1.50 bits per heavy atom. The van der Waals surface area contributed by atoms with Gasteiger partial charge in [-0.05, 0) is 33.6 Å². The molecular weight excluding hydrogens is 272 g/mol. The third-order valence-electron chi connectivity index (χ3n) is 2.52. The summed E-state index contributed by atoms with van der Waals surface area (Å²) in [7, 11) is 0. The van der Waals surface area contributed by atoms with Gasteiger partial charge in [0.2, 0.25) is 5.91 Å². The Bertz CT molecular complexity index is 409. The molecule has 0 atom stereocenters. The number of rotatable bonds is 2. The van der Waals surface area contributed by atoms with Crippen LogP contribution >= 0.6 is 15.9 Å². The first-order valence-electron chi connectivity index (χ1n) is 5.06. The monoisotopic (exact) mass is 284 g/mol. The molecular formula is C11H13BrN2O2. The minimum Gasteiger partial charge on any atom is -0.398 e. The average Bonchev–Trinajstić information content (AvgIpc) is 2.27. The average molecular weight is 285 g/mol. The molecule has 0 unspecified atom stereocenters. The number of nitrogens with zero attached hydrogens (tertiary/aromatic N) is 1. The van der Waals surface area contributed by atoms with Gasteiger partial charge in [-0.25, -0.2) is 0 Å². The van der Waals surface area contributed by atoms with Crippen LogP contribution in [0.15, 0.2) is 22.7 Å². The lowest BCUT2D eigenvalue weighted by molar-refractivity contribution is -0.143. The number of carbonyl (C=O) groups is 1. The Balaban J connectivity index is 2.08. The summed E-state index contributed by atoms with van der Waals surface area (Å²) in [6.45, 7) is 2.04. The van der Waals surface area contributed by atoms with Gasteiger partial charge < -0.3 is 15.4 Å². The van der Waals surface area contributed by atoms with E-state index < -0.39 is 0 Å². The Hall–Kier alpha value is -1.07. The highest BCUT2D eigenvalue weighted by Gasteiger charge is 2.18. The number of morpholine rings is 1. The van der Waals surface area contributed by atoms with Crippen molar-refractivity contribution >= 4 is 27.5 Å². The van der Waals surface area contributed by atoms with E-state index in [1.54, 1.807) is 4.90 Å². The van der Waals surface area contributed by atoms with Crippen molar-refractivity contribution in [2.24, 2.45) is 0 Å². The van der Waals surface area contributed by atoms with Gasteiger partial charge in [-0.1, -0.05) is 6.07 Å². The summed E-state index contributed by atoms with van der Waals surface area (Å²) in [5, 5.41) is 0. The predicted molar refractivity (Wildman–Crippen MR) is 64.8 cm³/mol. The van der Waals surface area contributed by atoms with Crippen molar-refractivity contribution in [3.8, 4) is 0 Å². The fourth-order valence-corrected chi connectivity index (χ4v) is 1.88. The first kappa shape index (κ1) is 11.4. The summed E-state index contributed by atoms with van der Waals surface area (Å²) in [4.78, 5) is 13.3. The van der Waals surface area contributed by atoms with Crippen molar-refractivity contribution in [3.63, 3.8) is 0 Å². The fraction of sp³-hybridized carbons (Fsp3) is 0.364. The Labute approximate surface area is 102 Å². The molecule has 1 heterocycles. The highest BCUT2D eigenvalue weighted by molar-refractivity contribution is 9.10. The highest BCUT2D eigenvalue weighted by atomic mass is 79.9. The summed E-state index contributed by atoms with van der Waals surface area (Å²) >= 11 is 3.34. The molecule has 1 aromatic rings. The second-order valence-electron chi connectivity index (χ2n) is 3.72. The number of benzene rings is 1. The smallest absolute Gasteiger partial charge is 0.248 e. The Morgan fingerprint density at radius 2 is 2.31 bits per heavy atom. The van der Waals surface area contributed by atoms with Crippen molar-refractivity contribution < 1.29 is 9.53 Å². The van der Waals surface area contributed by atoms with Crippen LogP contribution < -0.4 is 5.73 Å². The van der Waals surface area contributed by atoms with Crippen molar-refractivity contribution in [1.82, 2.24) is 4.90 Å². The molecule has 1 saturated heterocycles. The van der Waals surface area contributed by atoms with Gasteiger partial charge >= 0.3 is 0 Å². The predicted octanol–water partition coefficient (Wildman–Crippen LogP) is 1.39. The largest absolute Gasteiger partial charge is 0.398 e. The molecule has 1 aromatic carbocycles. The number of nitrogen functional groups attached to an aromatic ring is 1. The minimum absolute atomic E-state index is 0.0349. The number of nitrogens with two attached hydrogens (primary N) is 1. The molecule has 1 amide bonds. The number of halogens is 1. The van der Waals surface area contributed by atoms with Crippen LogP contribution in [0.1, 0.15) is 5.56 Å². The molecule has 2 N–H and O–H groups in total. The molecule has 0 bridgehead atoms. The number of amides is 1. The molecule has 2 rings (SSSR count). The van der Waals surface area contributed by atoms with Gasteiger partial charge in [0.1, 0.15) is 6.61 Å². The molecule has 1 aliphatic heterocycles. The van der Waals surface area contributed by atoms with Crippen LogP contribution in [0.4, 0.5) is 5.69 Å². The number of anilines is 1. The van der Waals surface area contributed by atoms with Crippen LogP contribution in [0.3, 0.4) is 0 Å².